The van der Waals surface area contributed by atoms with Gasteiger partial charge in [-0.25, -0.2) is 13.4 Å². The van der Waals surface area contributed by atoms with Crippen LogP contribution in [0.1, 0.15) is 41.4 Å². The molecule has 0 aromatic carbocycles. The summed E-state index contributed by atoms with van der Waals surface area (Å²) >= 11 is 1.56. The number of nitrogens with zero attached hydrogens (tertiary/aromatic N) is 2. The van der Waals surface area contributed by atoms with Crippen LogP contribution in [0.2, 0.25) is 0 Å². The van der Waals surface area contributed by atoms with Crippen LogP contribution < -0.4 is 0 Å². The highest BCUT2D eigenvalue weighted by Gasteiger charge is 2.35. The Morgan fingerprint density at radius 2 is 2.23 bits per heavy atom. The first-order chi connectivity index (χ1) is 10.3. The lowest BCUT2D eigenvalue weighted by atomic mass is 9.98. The number of carbonyl (C=O) groups excluding carboxylic acids is 1. The average molecular weight is 346 g/mol. The molecular weight excluding hydrogens is 324 g/mol. The molecule has 2 atom stereocenters. The van der Waals surface area contributed by atoms with Crippen LogP contribution in [0, 0.1) is 12.8 Å². The number of fused-ring (bicyclic) bond motifs is 1. The van der Waals surface area contributed by atoms with Gasteiger partial charge in [0.1, 0.15) is 0 Å². The molecule has 6 nitrogen and oxygen atoms in total. The van der Waals surface area contributed by atoms with E-state index >= 15 is 0 Å². The molecule has 1 aromatic heterocycles. The van der Waals surface area contributed by atoms with E-state index in [1.165, 1.54) is 11.4 Å². The summed E-state index contributed by atoms with van der Waals surface area (Å²) in [5.74, 6) is -1.42. The van der Waals surface area contributed by atoms with Crippen LogP contribution in [0.3, 0.4) is 0 Å². The first-order valence-corrected chi connectivity index (χ1v) is 9.68. The zero-order valence-electron chi connectivity index (χ0n) is 13.3. The van der Waals surface area contributed by atoms with Crippen LogP contribution in [-0.2, 0) is 26.0 Å². The van der Waals surface area contributed by atoms with Crippen LogP contribution in [-0.4, -0.2) is 43.6 Å². The van der Waals surface area contributed by atoms with Crippen LogP contribution in [0.4, 0.5) is 0 Å². The number of methoxy groups -OCH3 is 1. The van der Waals surface area contributed by atoms with Gasteiger partial charge in [-0.05, 0) is 26.2 Å². The van der Waals surface area contributed by atoms with Gasteiger partial charge in [-0.2, -0.15) is 4.31 Å². The third kappa shape index (κ3) is 3.49. The zero-order valence-corrected chi connectivity index (χ0v) is 15.0. The summed E-state index contributed by atoms with van der Waals surface area (Å²) in [6.45, 7) is 3.51. The number of aryl methyl sites for hydroxylation is 2. The van der Waals surface area contributed by atoms with Crippen molar-refractivity contribution >= 4 is 27.3 Å². The van der Waals surface area contributed by atoms with Crippen molar-refractivity contribution in [1.82, 2.24) is 9.29 Å². The molecule has 0 bridgehead atoms. The van der Waals surface area contributed by atoms with Crippen molar-refractivity contribution in [2.45, 2.75) is 39.2 Å². The van der Waals surface area contributed by atoms with E-state index in [1.54, 1.807) is 25.3 Å². The summed E-state index contributed by atoms with van der Waals surface area (Å²) in [5.41, 5.74) is 1.02. The number of carbonyl (C=O) groups is 1. The van der Waals surface area contributed by atoms with Crippen molar-refractivity contribution in [3.05, 3.63) is 15.6 Å². The Morgan fingerprint density at radius 3 is 2.86 bits per heavy atom. The van der Waals surface area contributed by atoms with E-state index < -0.39 is 21.9 Å². The molecule has 0 fully saturated rings. The lowest BCUT2D eigenvalue weighted by molar-refractivity contribution is -0.144. The van der Waals surface area contributed by atoms with Gasteiger partial charge < -0.3 is 4.74 Å². The number of hydrogen-bond acceptors (Lipinski definition) is 6. The predicted molar refractivity (Wildman–Crippen MR) is 85.3 cm³/mol. The minimum Gasteiger partial charge on any atom is -0.469 e. The molecule has 0 spiro atoms. The van der Waals surface area contributed by atoms with Gasteiger partial charge in [-0.15, -0.1) is 11.3 Å². The van der Waals surface area contributed by atoms with Gasteiger partial charge >= 0.3 is 5.97 Å². The predicted octanol–water partition coefficient (Wildman–Crippen LogP) is 1.90. The van der Waals surface area contributed by atoms with Crippen LogP contribution in [0.5, 0.6) is 0 Å². The number of aromatic nitrogens is 1. The van der Waals surface area contributed by atoms with Crippen molar-refractivity contribution in [1.29, 1.82) is 0 Å². The van der Waals surface area contributed by atoms with E-state index in [9.17, 15) is 13.2 Å². The highest BCUT2D eigenvalue weighted by molar-refractivity contribution is 7.89. The van der Waals surface area contributed by atoms with Crippen LogP contribution >= 0.6 is 11.3 Å². The SMILES string of the molecule is COC(=O)[C@H](C)CS(=O)(=O)N(C)[C@@H]1CCCc2nc(C)sc21. The molecule has 0 amide bonds. The molecule has 0 aliphatic heterocycles. The molecule has 1 aromatic rings. The van der Waals surface area contributed by atoms with Gasteiger partial charge in [0.05, 0.1) is 35.5 Å². The number of thiazole rings is 1. The monoisotopic (exact) mass is 346 g/mol. The van der Waals surface area contributed by atoms with Crippen LogP contribution in [0.15, 0.2) is 0 Å². The molecule has 1 aliphatic rings. The Kier molecular flexibility index (Phi) is 5.24. The Bertz CT molecular complexity index is 654. The molecular formula is C14H22N2O4S2. The molecule has 1 aliphatic carbocycles. The summed E-state index contributed by atoms with van der Waals surface area (Å²) in [7, 11) is -0.678. The molecule has 0 N–H and O–H groups in total. The van der Waals surface area contributed by atoms with Crippen molar-refractivity contribution in [2.75, 3.05) is 19.9 Å². The largest absolute Gasteiger partial charge is 0.469 e. The first-order valence-electron chi connectivity index (χ1n) is 7.26. The van der Waals surface area contributed by atoms with Crippen molar-refractivity contribution in [3.63, 3.8) is 0 Å². The Morgan fingerprint density at radius 1 is 1.55 bits per heavy atom. The van der Waals surface area contributed by atoms with Crippen LogP contribution in [0.25, 0.3) is 0 Å². The molecule has 1 heterocycles. The van der Waals surface area contributed by atoms with Gasteiger partial charge in [0.2, 0.25) is 10.0 Å². The third-order valence-electron chi connectivity index (χ3n) is 3.97. The number of hydrogen-bond donors (Lipinski definition) is 0. The summed E-state index contributed by atoms with van der Waals surface area (Å²) < 4.78 is 31.2. The quantitative estimate of drug-likeness (QED) is 0.761. The number of esters is 1. The number of ether oxygens (including phenoxy) is 1. The van der Waals surface area contributed by atoms with E-state index in [4.69, 9.17) is 0 Å². The smallest absolute Gasteiger partial charge is 0.309 e. The minimum absolute atomic E-state index is 0.176. The third-order valence-corrected chi connectivity index (χ3v) is 7.14. The fourth-order valence-electron chi connectivity index (χ4n) is 2.76. The maximum Gasteiger partial charge on any atom is 0.309 e. The summed E-state index contributed by atoms with van der Waals surface area (Å²) in [6.07, 6.45) is 2.62. The summed E-state index contributed by atoms with van der Waals surface area (Å²) in [6, 6.07) is -0.176. The van der Waals surface area contributed by atoms with Crippen molar-refractivity contribution in [2.24, 2.45) is 5.92 Å². The Hall–Kier alpha value is -0.990. The van der Waals surface area contributed by atoms with Gasteiger partial charge in [0.15, 0.2) is 0 Å². The zero-order chi connectivity index (χ0) is 16.5. The number of sulfonamides is 1. The van der Waals surface area contributed by atoms with Crippen molar-refractivity contribution in [3.8, 4) is 0 Å². The van der Waals surface area contributed by atoms with E-state index in [-0.39, 0.29) is 11.8 Å². The molecule has 2 rings (SSSR count). The normalized spacial score (nSPS) is 19.8. The standard InChI is InChI=1S/C14H22N2O4S2/c1-9(14(17)20-4)8-22(18,19)16(3)12-7-5-6-11-13(12)21-10(2)15-11/h9,12H,5-8H2,1-4H3/t9-,12-/m1/s1. The van der Waals surface area contributed by atoms with E-state index in [1.807, 2.05) is 6.92 Å². The van der Waals surface area contributed by atoms with E-state index in [2.05, 4.69) is 9.72 Å². The second kappa shape index (κ2) is 6.64. The molecule has 124 valence electrons. The van der Waals surface area contributed by atoms with Gasteiger partial charge in [-0.3, -0.25) is 4.79 Å². The molecule has 8 heteroatoms. The maximum atomic E-state index is 12.6. The average Bonchev–Trinajstić information content (AvgIpc) is 2.84. The minimum atomic E-state index is -3.54. The first kappa shape index (κ1) is 17.4. The number of rotatable bonds is 5. The molecule has 0 saturated carbocycles. The second-order valence-corrected chi connectivity index (χ2v) is 8.98. The van der Waals surface area contributed by atoms with Gasteiger partial charge in [0.25, 0.3) is 0 Å². The highest BCUT2D eigenvalue weighted by Crippen LogP contribution is 2.38. The Balaban J connectivity index is 2.20. The topological polar surface area (TPSA) is 76.6 Å². The van der Waals surface area contributed by atoms with Gasteiger partial charge in [0, 0.05) is 11.9 Å². The lowest BCUT2D eigenvalue weighted by Crippen LogP contribution is -2.37. The fourth-order valence-corrected chi connectivity index (χ4v) is 5.58. The van der Waals surface area contributed by atoms with Crippen molar-refractivity contribution < 1.29 is 17.9 Å². The molecule has 0 radical (unpaired) electrons. The second-order valence-electron chi connectivity index (χ2n) is 5.67. The van der Waals surface area contributed by atoms with E-state index in [0.29, 0.717) is 0 Å². The summed E-state index contributed by atoms with van der Waals surface area (Å²) in [5, 5.41) is 0.964. The molecule has 22 heavy (non-hydrogen) atoms. The molecule has 0 saturated heterocycles. The van der Waals surface area contributed by atoms with E-state index in [0.717, 1.165) is 34.8 Å². The lowest BCUT2D eigenvalue weighted by Gasteiger charge is -2.30. The molecule has 0 unspecified atom stereocenters. The summed E-state index contributed by atoms with van der Waals surface area (Å²) in [4.78, 5) is 17.0. The van der Waals surface area contributed by atoms with Gasteiger partial charge in [-0.1, -0.05) is 6.92 Å². The maximum absolute atomic E-state index is 12.6. The highest BCUT2D eigenvalue weighted by atomic mass is 32.2. The fraction of sp³-hybridized carbons (Fsp3) is 0.714. The Labute approximate surface area is 135 Å².